The molecule has 1 N–H and O–H groups in total. The predicted molar refractivity (Wildman–Crippen MR) is 101 cm³/mol. The van der Waals surface area contributed by atoms with Crippen molar-refractivity contribution in [1.29, 1.82) is 0 Å². The Balaban J connectivity index is 1.80. The zero-order chi connectivity index (χ0) is 17.4. The van der Waals surface area contributed by atoms with Crippen molar-refractivity contribution in [2.24, 2.45) is 0 Å². The van der Waals surface area contributed by atoms with Gasteiger partial charge in [0.2, 0.25) is 0 Å². The molecule has 0 spiro atoms. The summed E-state index contributed by atoms with van der Waals surface area (Å²) in [6.07, 6.45) is 4.88. The molecule has 1 aromatic carbocycles. The van der Waals surface area contributed by atoms with E-state index in [0.717, 1.165) is 42.0 Å². The van der Waals surface area contributed by atoms with Crippen LogP contribution in [0, 0.1) is 0 Å². The first kappa shape index (κ1) is 16.6. The predicted octanol–water partition coefficient (Wildman–Crippen LogP) is 3.45. The van der Waals surface area contributed by atoms with Crippen molar-refractivity contribution in [1.82, 2.24) is 14.5 Å². The number of hydrogen-bond donors (Lipinski definition) is 1. The van der Waals surface area contributed by atoms with Crippen LogP contribution >= 0.6 is 11.6 Å². The van der Waals surface area contributed by atoms with Crippen LogP contribution in [0.4, 0.5) is 0 Å². The van der Waals surface area contributed by atoms with Crippen LogP contribution in [0.3, 0.4) is 0 Å². The largest absolute Gasteiger partial charge is 0.386 e. The second kappa shape index (κ2) is 6.79. The Kier molecular flexibility index (Phi) is 4.50. The first-order chi connectivity index (χ1) is 12.1. The lowest BCUT2D eigenvalue weighted by atomic mass is 10.1. The Morgan fingerprint density at radius 2 is 2.08 bits per heavy atom. The Morgan fingerprint density at radius 3 is 2.88 bits per heavy atom. The molecule has 5 heteroatoms. The van der Waals surface area contributed by atoms with Gasteiger partial charge in [0.05, 0.1) is 12.6 Å². The Bertz CT molecular complexity index is 891. The van der Waals surface area contributed by atoms with Crippen molar-refractivity contribution in [2.45, 2.75) is 25.5 Å². The Morgan fingerprint density at radius 1 is 1.24 bits per heavy atom. The molecule has 25 heavy (non-hydrogen) atoms. The number of aliphatic hydroxyl groups is 1. The summed E-state index contributed by atoms with van der Waals surface area (Å²) in [7, 11) is 2.16. The van der Waals surface area contributed by atoms with E-state index in [2.05, 4.69) is 33.6 Å². The summed E-state index contributed by atoms with van der Waals surface area (Å²) >= 11 is 6.26. The van der Waals surface area contributed by atoms with Crippen LogP contribution in [0.5, 0.6) is 0 Å². The molecule has 0 fully saturated rings. The minimum atomic E-state index is -0.579. The molecule has 4 nitrogen and oxygen atoms in total. The number of rotatable bonds is 3. The van der Waals surface area contributed by atoms with Gasteiger partial charge in [-0.15, -0.1) is 0 Å². The maximum Gasteiger partial charge on any atom is 0.0983 e. The summed E-state index contributed by atoms with van der Waals surface area (Å²) in [6.45, 7) is 2.60. The molecule has 0 bridgehead atoms. The van der Waals surface area contributed by atoms with E-state index < -0.39 is 6.10 Å². The van der Waals surface area contributed by atoms with Crippen molar-refractivity contribution in [2.75, 3.05) is 20.1 Å². The molecule has 2 aromatic heterocycles. The third kappa shape index (κ3) is 3.17. The lowest BCUT2D eigenvalue weighted by Crippen LogP contribution is -2.21. The van der Waals surface area contributed by atoms with Crippen LogP contribution in [0.15, 0.2) is 42.7 Å². The molecule has 0 saturated carbocycles. The first-order valence-corrected chi connectivity index (χ1v) is 9.07. The van der Waals surface area contributed by atoms with E-state index in [1.165, 1.54) is 16.6 Å². The van der Waals surface area contributed by atoms with E-state index in [0.29, 0.717) is 6.54 Å². The maximum absolute atomic E-state index is 10.7. The number of halogens is 1. The van der Waals surface area contributed by atoms with Gasteiger partial charge >= 0.3 is 0 Å². The smallest absolute Gasteiger partial charge is 0.0983 e. The van der Waals surface area contributed by atoms with E-state index in [1.54, 1.807) is 12.4 Å². The zero-order valence-electron chi connectivity index (χ0n) is 14.3. The number of hydrogen-bond acceptors (Lipinski definition) is 3. The SMILES string of the molecule is CN1CCc2c(n(CC(O)c3cccnc3)c3ccc(Cl)cc23)CC1. The first-order valence-electron chi connectivity index (χ1n) is 8.69. The molecule has 130 valence electrons. The van der Waals surface area contributed by atoms with Gasteiger partial charge in [-0.1, -0.05) is 17.7 Å². The molecule has 1 aliphatic rings. The van der Waals surface area contributed by atoms with Crippen molar-refractivity contribution in [3.05, 3.63) is 64.6 Å². The quantitative estimate of drug-likeness (QED) is 0.782. The summed E-state index contributed by atoms with van der Waals surface area (Å²) in [5.41, 5.74) is 4.70. The van der Waals surface area contributed by atoms with E-state index in [1.807, 2.05) is 18.2 Å². The third-order valence-electron chi connectivity index (χ3n) is 5.15. The fourth-order valence-electron chi connectivity index (χ4n) is 3.79. The van der Waals surface area contributed by atoms with Gasteiger partial charge in [0.25, 0.3) is 0 Å². The molecular weight excluding hydrogens is 334 g/mol. The number of aliphatic hydroxyl groups excluding tert-OH is 1. The number of pyridine rings is 1. The minimum Gasteiger partial charge on any atom is -0.386 e. The molecule has 3 aromatic rings. The van der Waals surface area contributed by atoms with Crippen LogP contribution in [0.1, 0.15) is 22.9 Å². The van der Waals surface area contributed by atoms with Crippen LogP contribution in [-0.2, 0) is 19.4 Å². The van der Waals surface area contributed by atoms with Gasteiger partial charge in [-0.2, -0.15) is 0 Å². The summed E-state index contributed by atoms with van der Waals surface area (Å²) < 4.78 is 2.28. The standard InChI is InChI=1S/C20H22ClN3O/c1-23-9-6-16-17-11-15(21)4-5-18(17)24(19(16)7-10-23)13-20(25)14-3-2-8-22-12-14/h2-5,8,11-12,20,25H,6-7,9-10,13H2,1H3. The van der Waals surface area contributed by atoms with Crippen LogP contribution in [-0.4, -0.2) is 39.7 Å². The van der Waals surface area contributed by atoms with Crippen molar-refractivity contribution in [3.63, 3.8) is 0 Å². The summed E-state index contributed by atoms with van der Waals surface area (Å²) in [4.78, 5) is 6.49. The second-order valence-corrected chi connectivity index (χ2v) is 7.24. The van der Waals surface area contributed by atoms with Crippen molar-refractivity contribution in [3.8, 4) is 0 Å². The Labute approximate surface area is 152 Å². The van der Waals surface area contributed by atoms with Gasteiger partial charge in [0.15, 0.2) is 0 Å². The highest BCUT2D eigenvalue weighted by Gasteiger charge is 2.22. The van der Waals surface area contributed by atoms with Crippen LogP contribution in [0.2, 0.25) is 5.02 Å². The molecule has 1 atom stereocenters. The van der Waals surface area contributed by atoms with Gasteiger partial charge in [0.1, 0.15) is 0 Å². The summed E-state index contributed by atoms with van der Waals surface area (Å²) in [5.74, 6) is 0. The maximum atomic E-state index is 10.7. The summed E-state index contributed by atoms with van der Waals surface area (Å²) in [5, 5.41) is 12.7. The van der Waals surface area contributed by atoms with Crippen LogP contribution < -0.4 is 0 Å². The number of fused-ring (bicyclic) bond motifs is 3. The fourth-order valence-corrected chi connectivity index (χ4v) is 3.96. The van der Waals surface area contributed by atoms with Gasteiger partial charge in [-0.3, -0.25) is 4.98 Å². The van der Waals surface area contributed by atoms with E-state index in [4.69, 9.17) is 11.6 Å². The summed E-state index contributed by atoms with van der Waals surface area (Å²) in [6, 6.07) is 9.86. The topological polar surface area (TPSA) is 41.3 Å². The number of nitrogens with zero attached hydrogens (tertiary/aromatic N) is 3. The monoisotopic (exact) mass is 355 g/mol. The number of benzene rings is 1. The average molecular weight is 356 g/mol. The fraction of sp³-hybridized carbons (Fsp3) is 0.350. The van der Waals surface area contributed by atoms with E-state index >= 15 is 0 Å². The molecule has 0 saturated heterocycles. The molecule has 1 aliphatic heterocycles. The molecule has 4 rings (SSSR count). The molecule has 1 unspecified atom stereocenters. The molecule has 0 radical (unpaired) electrons. The van der Waals surface area contributed by atoms with E-state index in [9.17, 15) is 5.11 Å². The van der Waals surface area contributed by atoms with E-state index in [-0.39, 0.29) is 0 Å². The highest BCUT2D eigenvalue weighted by molar-refractivity contribution is 6.31. The number of aromatic nitrogens is 2. The zero-order valence-corrected chi connectivity index (χ0v) is 15.1. The molecular formula is C20H22ClN3O. The second-order valence-electron chi connectivity index (χ2n) is 6.80. The molecule has 0 amide bonds. The van der Waals surface area contributed by atoms with Gasteiger partial charge in [-0.25, -0.2) is 0 Å². The van der Waals surface area contributed by atoms with Crippen LogP contribution in [0.25, 0.3) is 10.9 Å². The average Bonchev–Trinajstić information content (AvgIpc) is 2.76. The molecule has 3 heterocycles. The highest BCUT2D eigenvalue weighted by atomic mass is 35.5. The lowest BCUT2D eigenvalue weighted by Gasteiger charge is -2.17. The Hall–Kier alpha value is -1.88. The van der Waals surface area contributed by atoms with Gasteiger partial charge in [0, 0.05) is 59.1 Å². The lowest BCUT2D eigenvalue weighted by molar-refractivity contribution is 0.156. The number of likely N-dealkylation sites (N-methyl/N-ethyl adjacent to an activating group) is 1. The van der Waals surface area contributed by atoms with Crippen molar-refractivity contribution < 1.29 is 5.11 Å². The molecule has 0 aliphatic carbocycles. The normalized spacial score (nSPS) is 16.6. The highest BCUT2D eigenvalue weighted by Crippen LogP contribution is 2.32. The van der Waals surface area contributed by atoms with Gasteiger partial charge < -0.3 is 14.6 Å². The third-order valence-corrected chi connectivity index (χ3v) is 5.38. The van der Waals surface area contributed by atoms with Gasteiger partial charge in [-0.05, 0) is 43.3 Å². The minimum absolute atomic E-state index is 0.531. The van der Waals surface area contributed by atoms with Crippen molar-refractivity contribution >= 4 is 22.5 Å².